The predicted octanol–water partition coefficient (Wildman–Crippen LogP) is 3.06. The molecule has 0 aromatic heterocycles. The third-order valence-corrected chi connectivity index (χ3v) is 2.84. The van der Waals surface area contributed by atoms with Crippen LogP contribution in [0.5, 0.6) is 0 Å². The van der Waals surface area contributed by atoms with Crippen LogP contribution in [0, 0.1) is 5.92 Å². The van der Waals surface area contributed by atoms with E-state index in [0.29, 0.717) is 6.42 Å². The topological polar surface area (TPSA) is 64.6 Å². The molecule has 0 spiro atoms. The van der Waals surface area contributed by atoms with E-state index in [1.54, 1.807) is 0 Å². The molecule has 1 aromatic carbocycles. The Kier molecular flexibility index (Phi) is 7.75. The number of benzene rings is 1. The Morgan fingerprint density at radius 1 is 1.23 bits per heavy atom. The number of ether oxygens (including phenoxy) is 2. The van der Waals surface area contributed by atoms with Crippen LogP contribution in [0.4, 0.5) is 4.79 Å². The molecule has 0 aliphatic carbocycles. The highest BCUT2D eigenvalue weighted by Gasteiger charge is 2.23. The summed E-state index contributed by atoms with van der Waals surface area (Å²) in [5.74, 6) is -0.249. The Morgan fingerprint density at radius 3 is 2.50 bits per heavy atom. The number of hydrogen-bond acceptors (Lipinski definition) is 4. The molecule has 0 unspecified atom stereocenters. The minimum atomic E-state index is -0.719. The van der Waals surface area contributed by atoms with Crippen LogP contribution in [0.3, 0.4) is 0 Å². The Balaban J connectivity index is 2.50. The fraction of sp³-hybridized carbons (Fsp3) is 0.412. The summed E-state index contributed by atoms with van der Waals surface area (Å²) < 4.78 is 10.1. The summed E-state index contributed by atoms with van der Waals surface area (Å²) in [6, 6.07) is 8.62. The van der Waals surface area contributed by atoms with Crippen LogP contribution in [0.2, 0.25) is 0 Å². The smallest absolute Gasteiger partial charge is 0.408 e. The summed E-state index contributed by atoms with van der Waals surface area (Å²) >= 11 is 0. The van der Waals surface area contributed by atoms with E-state index in [9.17, 15) is 9.59 Å². The van der Waals surface area contributed by atoms with Crippen molar-refractivity contribution in [3.63, 3.8) is 0 Å². The van der Waals surface area contributed by atoms with Gasteiger partial charge < -0.3 is 14.8 Å². The van der Waals surface area contributed by atoms with Crippen molar-refractivity contribution in [3.8, 4) is 0 Å². The highest BCUT2D eigenvalue weighted by molar-refractivity contribution is 5.81. The summed E-state index contributed by atoms with van der Waals surface area (Å²) in [4.78, 5) is 23.7. The maximum absolute atomic E-state index is 11.9. The van der Waals surface area contributed by atoms with Crippen LogP contribution in [0.15, 0.2) is 43.0 Å². The van der Waals surface area contributed by atoms with Crippen LogP contribution in [-0.4, -0.2) is 24.7 Å². The van der Waals surface area contributed by atoms with E-state index >= 15 is 0 Å². The van der Waals surface area contributed by atoms with E-state index < -0.39 is 18.1 Å². The molecule has 1 amide bonds. The number of carbonyl (C=O) groups excluding carboxylic acids is 2. The predicted molar refractivity (Wildman–Crippen MR) is 84.2 cm³/mol. The lowest BCUT2D eigenvalue weighted by Crippen LogP contribution is -2.43. The zero-order valence-corrected chi connectivity index (χ0v) is 13.1. The molecule has 0 saturated heterocycles. The van der Waals surface area contributed by atoms with Gasteiger partial charge in [-0.1, -0.05) is 56.8 Å². The molecule has 0 aliphatic rings. The molecule has 5 heteroatoms. The SMILES string of the molecule is C=CCOC(=O)[C@H](CC(C)C)NC(=O)OCc1ccccc1. The quantitative estimate of drug-likeness (QED) is 0.592. The molecule has 1 aromatic rings. The minimum absolute atomic E-state index is 0.119. The van der Waals surface area contributed by atoms with E-state index in [2.05, 4.69) is 11.9 Å². The minimum Gasteiger partial charge on any atom is -0.460 e. The van der Waals surface area contributed by atoms with Crippen molar-refractivity contribution >= 4 is 12.1 Å². The van der Waals surface area contributed by atoms with Gasteiger partial charge in [0.05, 0.1) is 0 Å². The molecule has 1 atom stereocenters. The Bertz CT molecular complexity index is 485. The van der Waals surface area contributed by atoms with Gasteiger partial charge in [-0.3, -0.25) is 0 Å². The van der Waals surface area contributed by atoms with Crippen molar-refractivity contribution in [1.82, 2.24) is 5.32 Å². The zero-order valence-electron chi connectivity index (χ0n) is 13.1. The summed E-state index contributed by atoms with van der Waals surface area (Å²) in [7, 11) is 0. The number of esters is 1. The molecule has 5 nitrogen and oxygen atoms in total. The third kappa shape index (κ3) is 6.92. The van der Waals surface area contributed by atoms with Crippen LogP contribution in [-0.2, 0) is 20.9 Å². The molecule has 0 saturated carbocycles. The van der Waals surface area contributed by atoms with Crippen molar-refractivity contribution in [2.75, 3.05) is 6.61 Å². The van der Waals surface area contributed by atoms with Gasteiger partial charge in [0.15, 0.2) is 0 Å². The lowest BCUT2D eigenvalue weighted by atomic mass is 10.0. The van der Waals surface area contributed by atoms with Gasteiger partial charge in [-0.05, 0) is 17.9 Å². The maximum Gasteiger partial charge on any atom is 0.408 e. The van der Waals surface area contributed by atoms with E-state index in [-0.39, 0.29) is 19.1 Å². The van der Waals surface area contributed by atoms with E-state index in [1.165, 1.54) is 6.08 Å². The number of alkyl carbamates (subject to hydrolysis) is 1. The highest BCUT2D eigenvalue weighted by atomic mass is 16.6. The standard InChI is InChI=1S/C17H23NO4/c1-4-10-21-16(19)15(11-13(2)3)18-17(20)22-12-14-8-6-5-7-9-14/h4-9,13,15H,1,10-12H2,2-3H3,(H,18,20)/t15-/m0/s1. The molecule has 0 heterocycles. The van der Waals surface area contributed by atoms with Crippen LogP contribution in [0.25, 0.3) is 0 Å². The van der Waals surface area contributed by atoms with E-state index in [4.69, 9.17) is 9.47 Å². The van der Waals surface area contributed by atoms with Crippen molar-refractivity contribution in [2.24, 2.45) is 5.92 Å². The van der Waals surface area contributed by atoms with Crippen LogP contribution >= 0.6 is 0 Å². The lowest BCUT2D eigenvalue weighted by molar-refractivity contribution is -0.145. The third-order valence-electron chi connectivity index (χ3n) is 2.84. The van der Waals surface area contributed by atoms with Gasteiger partial charge >= 0.3 is 12.1 Å². The monoisotopic (exact) mass is 305 g/mol. The first kappa shape index (κ1) is 17.8. The average molecular weight is 305 g/mol. The van der Waals surface area contributed by atoms with Gasteiger partial charge in [0.2, 0.25) is 0 Å². The number of rotatable bonds is 8. The molecule has 0 bridgehead atoms. The number of carbonyl (C=O) groups is 2. The Labute approximate surface area is 131 Å². The number of nitrogens with one attached hydrogen (secondary N) is 1. The normalized spacial score (nSPS) is 11.6. The Morgan fingerprint density at radius 2 is 1.91 bits per heavy atom. The molecular formula is C17H23NO4. The van der Waals surface area contributed by atoms with Crippen molar-refractivity contribution in [1.29, 1.82) is 0 Å². The molecular weight excluding hydrogens is 282 g/mol. The first-order valence-corrected chi connectivity index (χ1v) is 7.27. The molecule has 0 aliphatic heterocycles. The Hall–Kier alpha value is -2.30. The second kappa shape index (κ2) is 9.60. The molecule has 22 heavy (non-hydrogen) atoms. The summed E-state index contributed by atoms with van der Waals surface area (Å²) in [6.45, 7) is 7.69. The van der Waals surface area contributed by atoms with Crippen molar-refractivity contribution < 1.29 is 19.1 Å². The van der Waals surface area contributed by atoms with Crippen molar-refractivity contribution in [3.05, 3.63) is 48.6 Å². The van der Waals surface area contributed by atoms with Gasteiger partial charge in [-0.15, -0.1) is 0 Å². The van der Waals surface area contributed by atoms with Gasteiger partial charge in [0.1, 0.15) is 19.3 Å². The second-order valence-electron chi connectivity index (χ2n) is 5.31. The summed E-state index contributed by atoms with van der Waals surface area (Å²) in [5, 5.41) is 2.56. The number of hydrogen-bond donors (Lipinski definition) is 1. The maximum atomic E-state index is 11.9. The van der Waals surface area contributed by atoms with Crippen LogP contribution in [0.1, 0.15) is 25.8 Å². The fourth-order valence-electron chi connectivity index (χ4n) is 1.83. The van der Waals surface area contributed by atoms with Crippen molar-refractivity contribution in [2.45, 2.75) is 32.9 Å². The summed E-state index contributed by atoms with van der Waals surface area (Å²) in [5.41, 5.74) is 0.882. The van der Waals surface area contributed by atoms with Gasteiger partial charge in [-0.25, -0.2) is 9.59 Å². The van der Waals surface area contributed by atoms with Gasteiger partial charge in [0.25, 0.3) is 0 Å². The lowest BCUT2D eigenvalue weighted by Gasteiger charge is -2.18. The molecule has 120 valence electrons. The molecule has 1 rings (SSSR count). The molecule has 0 fully saturated rings. The fourth-order valence-corrected chi connectivity index (χ4v) is 1.83. The van der Waals surface area contributed by atoms with E-state index in [1.807, 2.05) is 44.2 Å². The summed E-state index contributed by atoms with van der Waals surface area (Å²) in [6.07, 6.45) is 1.33. The highest BCUT2D eigenvalue weighted by Crippen LogP contribution is 2.08. The average Bonchev–Trinajstić information content (AvgIpc) is 2.50. The van der Waals surface area contributed by atoms with Gasteiger partial charge in [0, 0.05) is 0 Å². The molecule has 1 N–H and O–H groups in total. The second-order valence-corrected chi connectivity index (χ2v) is 5.31. The van der Waals surface area contributed by atoms with Gasteiger partial charge in [-0.2, -0.15) is 0 Å². The number of amides is 1. The molecule has 0 radical (unpaired) electrons. The zero-order chi connectivity index (χ0) is 16.4. The first-order chi connectivity index (χ1) is 10.5. The largest absolute Gasteiger partial charge is 0.460 e. The van der Waals surface area contributed by atoms with Crippen LogP contribution < -0.4 is 5.32 Å². The first-order valence-electron chi connectivity index (χ1n) is 7.27. The van der Waals surface area contributed by atoms with E-state index in [0.717, 1.165) is 5.56 Å².